The Morgan fingerprint density at radius 2 is 2.00 bits per heavy atom. The van der Waals surface area contributed by atoms with Gasteiger partial charge in [0.05, 0.1) is 15.9 Å². The van der Waals surface area contributed by atoms with Gasteiger partial charge in [0.25, 0.3) is 0 Å². The molecular weight excluding hydrogens is 547 g/mol. The van der Waals surface area contributed by atoms with Crippen molar-refractivity contribution in [1.82, 2.24) is 25.3 Å². The van der Waals surface area contributed by atoms with Crippen molar-refractivity contribution in [2.75, 3.05) is 37.0 Å². The molecule has 10 nitrogen and oxygen atoms in total. The average molecular weight is 574 g/mol. The minimum absolute atomic E-state index is 0.00920. The third-order valence-corrected chi connectivity index (χ3v) is 7.82. The number of thiazole rings is 1. The molecule has 3 N–H and O–H groups in total. The SMILES string of the molecule is CCNC(=O)Nc1nc2cc(-c3cnc(N4CCC(C(O)OC)(C(F)(F)F)C4)nc3)cc(-c3ccccn3)c2s1. The van der Waals surface area contributed by atoms with Crippen LogP contribution in [-0.2, 0) is 4.74 Å². The summed E-state index contributed by atoms with van der Waals surface area (Å²) in [6.07, 6.45) is -2.28. The second-order valence-electron chi connectivity index (χ2n) is 9.28. The van der Waals surface area contributed by atoms with Crippen LogP contribution in [0.5, 0.6) is 0 Å². The molecule has 0 aliphatic carbocycles. The number of ether oxygens (including phenoxy) is 1. The van der Waals surface area contributed by atoms with E-state index in [0.29, 0.717) is 28.5 Å². The first kappa shape index (κ1) is 27.7. The maximum absolute atomic E-state index is 13.9. The summed E-state index contributed by atoms with van der Waals surface area (Å²) in [7, 11) is 1.05. The summed E-state index contributed by atoms with van der Waals surface area (Å²) in [4.78, 5) is 31.2. The Kier molecular flexibility index (Phi) is 7.57. The lowest BCUT2D eigenvalue weighted by Gasteiger charge is -2.34. The fourth-order valence-corrected chi connectivity index (χ4v) is 5.67. The molecule has 2 unspecified atom stereocenters. The van der Waals surface area contributed by atoms with Crippen molar-refractivity contribution in [1.29, 1.82) is 0 Å². The van der Waals surface area contributed by atoms with Crippen LogP contribution in [0.4, 0.5) is 29.0 Å². The molecule has 1 fully saturated rings. The van der Waals surface area contributed by atoms with Crippen molar-refractivity contribution in [3.63, 3.8) is 0 Å². The highest BCUT2D eigenvalue weighted by Gasteiger charge is 2.63. The molecule has 14 heteroatoms. The minimum atomic E-state index is -4.67. The standard InChI is InChI=1S/C26H26F3N7O3S/c1-3-30-23(38)35-24-34-19-11-15(10-17(20(19)40-24)18-6-4-5-8-31-18)16-12-32-22(33-13-16)36-9-7-25(14-36,21(37)39-2)26(27,28)29/h4-6,8,10-13,21,37H,3,7,9,14H2,1-2H3,(H2,30,34,35,38). The first-order valence-electron chi connectivity index (χ1n) is 12.4. The predicted molar refractivity (Wildman–Crippen MR) is 145 cm³/mol. The Morgan fingerprint density at radius 1 is 1.23 bits per heavy atom. The third kappa shape index (κ3) is 5.17. The van der Waals surface area contributed by atoms with E-state index in [4.69, 9.17) is 0 Å². The number of carbonyl (C=O) groups excluding carboxylic acids is 1. The number of pyridine rings is 1. The molecule has 5 rings (SSSR count). The fourth-order valence-electron chi connectivity index (χ4n) is 4.70. The van der Waals surface area contributed by atoms with E-state index in [2.05, 4.69) is 35.3 Å². The number of nitrogens with one attached hydrogen (secondary N) is 2. The maximum atomic E-state index is 13.9. The highest BCUT2D eigenvalue weighted by Crippen LogP contribution is 2.48. The number of methoxy groups -OCH3 is 1. The van der Waals surface area contributed by atoms with Gasteiger partial charge in [0, 0.05) is 56.5 Å². The quantitative estimate of drug-likeness (QED) is 0.272. The van der Waals surface area contributed by atoms with Crippen LogP contribution in [-0.4, -0.2) is 70.3 Å². The second kappa shape index (κ2) is 10.9. The number of nitrogens with zero attached hydrogens (tertiary/aromatic N) is 5. The zero-order chi connectivity index (χ0) is 28.5. The molecule has 1 aromatic carbocycles. The lowest BCUT2D eigenvalue weighted by Crippen LogP contribution is -2.50. The monoisotopic (exact) mass is 573 g/mol. The van der Waals surface area contributed by atoms with E-state index in [1.54, 1.807) is 6.20 Å². The van der Waals surface area contributed by atoms with E-state index in [1.807, 2.05) is 37.3 Å². The number of halogens is 3. The molecule has 2 amide bonds. The number of hydrogen-bond donors (Lipinski definition) is 3. The molecule has 210 valence electrons. The van der Waals surface area contributed by atoms with E-state index in [9.17, 15) is 23.1 Å². The van der Waals surface area contributed by atoms with Crippen LogP contribution in [0.1, 0.15) is 13.3 Å². The van der Waals surface area contributed by atoms with Gasteiger partial charge >= 0.3 is 12.2 Å². The van der Waals surface area contributed by atoms with E-state index >= 15 is 0 Å². The Hall–Kier alpha value is -3.88. The number of anilines is 2. The number of hydrogen-bond acceptors (Lipinski definition) is 9. The third-order valence-electron chi connectivity index (χ3n) is 6.80. The number of rotatable bonds is 7. The summed E-state index contributed by atoms with van der Waals surface area (Å²) in [6, 6.07) is 8.92. The summed E-state index contributed by atoms with van der Waals surface area (Å²) >= 11 is 1.32. The second-order valence-corrected chi connectivity index (χ2v) is 10.3. The number of aromatic nitrogens is 4. The number of aliphatic hydroxyl groups is 1. The Bertz CT molecular complexity index is 1500. The van der Waals surface area contributed by atoms with Crippen molar-refractivity contribution in [2.45, 2.75) is 25.8 Å². The van der Waals surface area contributed by atoms with Crippen LogP contribution in [0.15, 0.2) is 48.9 Å². The number of amides is 2. The number of urea groups is 1. The number of alkyl halides is 3. The lowest BCUT2D eigenvalue weighted by atomic mass is 9.85. The van der Waals surface area contributed by atoms with Crippen LogP contribution < -0.4 is 15.5 Å². The Balaban J connectivity index is 1.48. The lowest BCUT2D eigenvalue weighted by molar-refractivity contribution is -0.292. The smallest absolute Gasteiger partial charge is 0.367 e. The summed E-state index contributed by atoms with van der Waals surface area (Å²) in [5.41, 5.74) is 1.03. The van der Waals surface area contributed by atoms with E-state index in [1.165, 1.54) is 28.6 Å². The van der Waals surface area contributed by atoms with Gasteiger partial charge in [0.2, 0.25) is 5.95 Å². The van der Waals surface area contributed by atoms with Gasteiger partial charge < -0.3 is 20.1 Å². The molecule has 1 saturated heterocycles. The minimum Gasteiger partial charge on any atom is -0.367 e. The first-order valence-corrected chi connectivity index (χ1v) is 13.2. The number of carbonyl (C=O) groups is 1. The molecular formula is C26H26F3N7O3S. The van der Waals surface area contributed by atoms with Crippen molar-refractivity contribution in [3.8, 4) is 22.4 Å². The maximum Gasteiger partial charge on any atom is 0.401 e. The molecule has 0 saturated carbocycles. The predicted octanol–water partition coefficient (Wildman–Crippen LogP) is 4.68. The van der Waals surface area contributed by atoms with Crippen LogP contribution in [0.3, 0.4) is 0 Å². The van der Waals surface area contributed by atoms with Gasteiger partial charge in [-0.15, -0.1) is 0 Å². The molecule has 2 atom stereocenters. The van der Waals surface area contributed by atoms with Crippen molar-refractivity contribution >= 4 is 38.7 Å². The van der Waals surface area contributed by atoms with Gasteiger partial charge in [-0.05, 0) is 43.2 Å². The fraction of sp³-hybridized carbons (Fsp3) is 0.346. The number of aliphatic hydroxyl groups excluding tert-OH is 1. The molecule has 0 bridgehead atoms. The molecule has 0 spiro atoms. The molecule has 4 heterocycles. The van der Waals surface area contributed by atoms with Crippen LogP contribution in [0, 0.1) is 5.41 Å². The Labute approximate surface area is 231 Å². The molecule has 4 aromatic rings. The van der Waals surface area contributed by atoms with Gasteiger partial charge in [-0.2, -0.15) is 13.2 Å². The van der Waals surface area contributed by atoms with E-state index < -0.39 is 24.4 Å². The summed E-state index contributed by atoms with van der Waals surface area (Å²) in [5.74, 6) is 0.117. The highest BCUT2D eigenvalue weighted by molar-refractivity contribution is 7.22. The van der Waals surface area contributed by atoms with Gasteiger partial charge in [-0.25, -0.2) is 19.7 Å². The molecule has 40 heavy (non-hydrogen) atoms. The van der Waals surface area contributed by atoms with Crippen molar-refractivity contribution in [3.05, 3.63) is 48.9 Å². The topological polar surface area (TPSA) is 125 Å². The summed E-state index contributed by atoms with van der Waals surface area (Å²) in [6.45, 7) is 1.77. The van der Waals surface area contributed by atoms with Gasteiger partial charge in [0.1, 0.15) is 5.41 Å². The number of fused-ring (bicyclic) bond motifs is 1. The average Bonchev–Trinajstić information content (AvgIpc) is 3.58. The van der Waals surface area contributed by atoms with Crippen LogP contribution >= 0.6 is 11.3 Å². The largest absolute Gasteiger partial charge is 0.401 e. The van der Waals surface area contributed by atoms with Crippen LogP contribution in [0.25, 0.3) is 32.6 Å². The number of benzene rings is 1. The van der Waals surface area contributed by atoms with Gasteiger partial charge in [0.15, 0.2) is 11.4 Å². The zero-order valence-corrected chi connectivity index (χ0v) is 22.4. The zero-order valence-electron chi connectivity index (χ0n) is 21.6. The summed E-state index contributed by atoms with van der Waals surface area (Å²) < 4.78 is 47.2. The van der Waals surface area contributed by atoms with E-state index in [-0.39, 0.29) is 24.9 Å². The normalized spacial score (nSPS) is 18.2. The van der Waals surface area contributed by atoms with Crippen molar-refractivity contribution < 1.29 is 27.8 Å². The molecule has 3 aromatic heterocycles. The van der Waals surface area contributed by atoms with E-state index in [0.717, 1.165) is 22.9 Å². The summed E-state index contributed by atoms with van der Waals surface area (Å²) in [5, 5.41) is 15.9. The van der Waals surface area contributed by atoms with Gasteiger partial charge in [-0.1, -0.05) is 17.4 Å². The van der Waals surface area contributed by atoms with Crippen LogP contribution in [0.2, 0.25) is 0 Å². The molecule has 1 aliphatic rings. The molecule has 1 aliphatic heterocycles. The Morgan fingerprint density at radius 3 is 2.65 bits per heavy atom. The first-order chi connectivity index (χ1) is 19.1. The molecule has 0 radical (unpaired) electrons. The highest BCUT2D eigenvalue weighted by atomic mass is 32.1. The van der Waals surface area contributed by atoms with Crippen molar-refractivity contribution in [2.24, 2.45) is 5.41 Å². The van der Waals surface area contributed by atoms with Gasteiger partial charge in [-0.3, -0.25) is 10.3 Å².